The maximum atomic E-state index is 15.0. The van der Waals surface area contributed by atoms with Crippen molar-refractivity contribution in [1.82, 2.24) is 9.97 Å². The third-order valence-corrected chi connectivity index (χ3v) is 14.4. The number of hydrogen-bond acceptors (Lipinski definition) is 3. The van der Waals surface area contributed by atoms with Crippen molar-refractivity contribution in [1.29, 1.82) is 0 Å². The summed E-state index contributed by atoms with van der Waals surface area (Å²) in [6, 6.07) is 67.4. The number of rotatable bonds is 6. The van der Waals surface area contributed by atoms with Crippen molar-refractivity contribution in [2.75, 3.05) is 0 Å². The summed E-state index contributed by atoms with van der Waals surface area (Å²) < 4.78 is 15.0. The number of benzene rings is 9. The van der Waals surface area contributed by atoms with Gasteiger partial charge in [0.2, 0.25) is 0 Å². The van der Waals surface area contributed by atoms with Crippen LogP contribution in [0, 0.1) is 0 Å². The van der Waals surface area contributed by atoms with E-state index in [1.165, 1.54) is 37.9 Å². The lowest BCUT2D eigenvalue weighted by Gasteiger charge is -2.20. The predicted molar refractivity (Wildman–Crippen MR) is 236 cm³/mol. The molecule has 2 aromatic heterocycles. The molecule has 4 heteroatoms. The molecule has 0 aliphatic carbocycles. The van der Waals surface area contributed by atoms with E-state index < -0.39 is 7.14 Å². The monoisotopic (exact) mass is 732 g/mol. The van der Waals surface area contributed by atoms with Crippen LogP contribution in [0.4, 0.5) is 0 Å². The normalized spacial score (nSPS) is 12.0. The lowest BCUT2D eigenvalue weighted by Crippen LogP contribution is -2.24. The molecule has 3 nitrogen and oxygen atoms in total. The average Bonchev–Trinajstić information content (AvgIpc) is 3.28. The topological polar surface area (TPSA) is 42.9 Å². The summed E-state index contributed by atoms with van der Waals surface area (Å²) >= 11 is 0. The number of aromatic nitrogens is 2. The van der Waals surface area contributed by atoms with Gasteiger partial charge in [0, 0.05) is 38.4 Å². The summed E-state index contributed by atoms with van der Waals surface area (Å²) in [5.41, 5.74) is 8.47. The van der Waals surface area contributed by atoms with Gasteiger partial charge in [-0.25, -0.2) is 4.98 Å². The molecule has 0 aliphatic heterocycles. The van der Waals surface area contributed by atoms with E-state index in [2.05, 4.69) is 132 Å². The molecule has 56 heavy (non-hydrogen) atoms. The molecule has 0 fully saturated rings. The Morgan fingerprint density at radius 3 is 1.41 bits per heavy atom. The fourth-order valence-corrected chi connectivity index (χ4v) is 11.2. The number of fused-ring (bicyclic) bond motifs is 3. The number of pyridine rings is 2. The molecule has 0 spiro atoms. The van der Waals surface area contributed by atoms with Crippen LogP contribution in [0.15, 0.2) is 200 Å². The van der Waals surface area contributed by atoms with Crippen LogP contribution in [0.25, 0.3) is 87.6 Å². The second-order valence-corrected chi connectivity index (χ2v) is 17.2. The van der Waals surface area contributed by atoms with E-state index in [9.17, 15) is 0 Å². The maximum absolute atomic E-state index is 15.0. The van der Waals surface area contributed by atoms with E-state index >= 15 is 4.57 Å². The standard InChI is InChI=1S/C52H33N2OP/c55-56(41-9-3-1-4-10-41,42-11-5-2-6-12-42)43-26-19-35(20-27-43)45-29-22-38-23-30-46-44(28-21-37-24-31-47(45)50(38)49(37)46)34-13-15-36(16-14-34)48-32-25-40-18-17-39-8-7-33-53-51(39)52(40)54-48/h1-33H. The lowest BCUT2D eigenvalue weighted by molar-refractivity contribution is 0.592. The molecular formula is C52H33N2OP. The number of nitrogens with zero attached hydrogens (tertiary/aromatic N) is 2. The van der Waals surface area contributed by atoms with E-state index in [4.69, 9.17) is 4.98 Å². The van der Waals surface area contributed by atoms with Gasteiger partial charge >= 0.3 is 0 Å². The van der Waals surface area contributed by atoms with Gasteiger partial charge in [-0.2, -0.15) is 0 Å². The van der Waals surface area contributed by atoms with Crippen molar-refractivity contribution in [3.63, 3.8) is 0 Å². The van der Waals surface area contributed by atoms with Crippen molar-refractivity contribution in [3.8, 4) is 33.5 Å². The third kappa shape index (κ3) is 5.09. The molecule has 11 aromatic rings. The minimum Gasteiger partial charge on any atom is -0.309 e. The van der Waals surface area contributed by atoms with Crippen molar-refractivity contribution < 1.29 is 4.57 Å². The summed E-state index contributed by atoms with van der Waals surface area (Å²) in [5.74, 6) is 0. The molecule has 0 atom stereocenters. The molecule has 2 heterocycles. The van der Waals surface area contributed by atoms with Crippen LogP contribution in [0.2, 0.25) is 0 Å². The zero-order valence-corrected chi connectivity index (χ0v) is 31.2. The van der Waals surface area contributed by atoms with Crippen molar-refractivity contribution >= 4 is 77.2 Å². The first-order valence-corrected chi connectivity index (χ1v) is 20.6. The molecule has 262 valence electrons. The highest BCUT2D eigenvalue weighted by Gasteiger charge is 2.29. The van der Waals surface area contributed by atoms with Crippen LogP contribution in [-0.4, -0.2) is 9.97 Å². The van der Waals surface area contributed by atoms with E-state index in [0.717, 1.165) is 65.7 Å². The fourth-order valence-electron chi connectivity index (χ4n) is 8.58. The van der Waals surface area contributed by atoms with Crippen LogP contribution in [0.3, 0.4) is 0 Å². The smallest absolute Gasteiger partial charge is 0.171 e. The Morgan fingerprint density at radius 2 is 0.821 bits per heavy atom. The van der Waals surface area contributed by atoms with Gasteiger partial charge in [0.05, 0.1) is 16.7 Å². The zero-order chi connectivity index (χ0) is 37.2. The largest absolute Gasteiger partial charge is 0.309 e. The van der Waals surface area contributed by atoms with Gasteiger partial charge in [-0.1, -0.05) is 182 Å². The van der Waals surface area contributed by atoms with E-state index in [0.29, 0.717) is 0 Å². The fraction of sp³-hybridized carbons (Fsp3) is 0. The minimum atomic E-state index is -3.06. The molecule has 0 unspecified atom stereocenters. The lowest BCUT2D eigenvalue weighted by atomic mass is 9.87. The summed E-state index contributed by atoms with van der Waals surface area (Å²) in [6.07, 6.45) is 1.83. The highest BCUT2D eigenvalue weighted by molar-refractivity contribution is 7.85. The van der Waals surface area contributed by atoms with Crippen molar-refractivity contribution in [3.05, 3.63) is 200 Å². The van der Waals surface area contributed by atoms with Gasteiger partial charge in [-0.3, -0.25) is 4.98 Å². The molecule has 0 aliphatic rings. The molecule has 9 aromatic carbocycles. The highest BCUT2D eigenvalue weighted by atomic mass is 31.2. The SMILES string of the molecule is O=P(c1ccccc1)(c1ccccc1)c1ccc(-c2ccc3ccc4c(-c5ccc(-c6ccc7ccc8cccnc8c7n6)cc5)ccc5ccc2c3c54)cc1. The Morgan fingerprint density at radius 1 is 0.357 bits per heavy atom. The van der Waals surface area contributed by atoms with E-state index in [-0.39, 0.29) is 0 Å². The van der Waals surface area contributed by atoms with E-state index in [1.807, 2.05) is 72.9 Å². The van der Waals surface area contributed by atoms with Gasteiger partial charge in [-0.05, 0) is 66.7 Å². The Balaban J connectivity index is 0.989. The van der Waals surface area contributed by atoms with Gasteiger partial charge in [0.25, 0.3) is 0 Å². The van der Waals surface area contributed by atoms with Crippen molar-refractivity contribution in [2.45, 2.75) is 0 Å². The Bertz CT molecular complexity index is 3260. The van der Waals surface area contributed by atoms with Crippen LogP contribution in [-0.2, 0) is 4.57 Å². The molecule has 11 rings (SSSR count). The van der Waals surface area contributed by atoms with Gasteiger partial charge < -0.3 is 4.57 Å². The minimum absolute atomic E-state index is 0.828. The quantitative estimate of drug-likeness (QED) is 0.126. The Hall–Kier alpha value is -6.93. The highest BCUT2D eigenvalue weighted by Crippen LogP contribution is 2.45. The average molecular weight is 733 g/mol. The van der Waals surface area contributed by atoms with Gasteiger partial charge in [0.15, 0.2) is 7.14 Å². The maximum Gasteiger partial charge on any atom is 0.171 e. The van der Waals surface area contributed by atoms with Crippen LogP contribution in [0.5, 0.6) is 0 Å². The first kappa shape index (κ1) is 32.5. The molecule has 0 radical (unpaired) electrons. The Kier molecular flexibility index (Phi) is 7.45. The molecule has 0 amide bonds. The Labute approximate surface area is 324 Å². The zero-order valence-electron chi connectivity index (χ0n) is 30.3. The second kappa shape index (κ2) is 12.8. The first-order chi connectivity index (χ1) is 27.6. The molecule has 0 saturated carbocycles. The summed E-state index contributed by atoms with van der Waals surface area (Å²) in [7, 11) is -3.06. The third-order valence-electron chi connectivity index (χ3n) is 11.4. The second-order valence-electron chi connectivity index (χ2n) is 14.5. The van der Waals surface area contributed by atoms with Gasteiger partial charge in [-0.15, -0.1) is 0 Å². The summed E-state index contributed by atoms with van der Waals surface area (Å²) in [6.45, 7) is 0. The first-order valence-electron chi connectivity index (χ1n) is 18.9. The predicted octanol–water partition coefficient (Wildman–Crippen LogP) is 12.3. The van der Waals surface area contributed by atoms with Gasteiger partial charge in [0.1, 0.15) is 0 Å². The van der Waals surface area contributed by atoms with Crippen LogP contribution >= 0.6 is 7.14 Å². The van der Waals surface area contributed by atoms with E-state index in [1.54, 1.807) is 0 Å². The molecule has 0 N–H and O–H groups in total. The molecule has 0 bridgehead atoms. The summed E-state index contributed by atoms with van der Waals surface area (Å²) in [5, 5.41) is 12.1. The molecular weight excluding hydrogens is 700 g/mol. The number of hydrogen-bond donors (Lipinski definition) is 0. The van der Waals surface area contributed by atoms with Crippen molar-refractivity contribution in [2.24, 2.45) is 0 Å². The summed E-state index contributed by atoms with van der Waals surface area (Å²) in [4.78, 5) is 9.73. The van der Waals surface area contributed by atoms with Crippen LogP contribution in [0.1, 0.15) is 0 Å². The molecule has 0 saturated heterocycles. The van der Waals surface area contributed by atoms with Crippen LogP contribution < -0.4 is 15.9 Å².